The quantitative estimate of drug-likeness (QED) is 0.743. The molecule has 0 fully saturated rings. The molecule has 0 saturated heterocycles. The van der Waals surface area contributed by atoms with Crippen molar-refractivity contribution in [2.45, 2.75) is 18.8 Å². The summed E-state index contributed by atoms with van der Waals surface area (Å²) in [4.78, 5) is 0. The first-order valence-corrected chi connectivity index (χ1v) is 7.20. The van der Waals surface area contributed by atoms with E-state index in [4.69, 9.17) is 9.84 Å². The van der Waals surface area contributed by atoms with E-state index in [2.05, 4.69) is 48.5 Å². The van der Waals surface area contributed by atoms with Gasteiger partial charge in [-0.1, -0.05) is 60.7 Å². The van der Waals surface area contributed by atoms with E-state index in [-0.39, 0.29) is 6.61 Å². The second kappa shape index (κ2) is 8.51. The van der Waals surface area contributed by atoms with E-state index in [0.29, 0.717) is 25.6 Å². The maximum atomic E-state index is 8.75. The van der Waals surface area contributed by atoms with Crippen molar-refractivity contribution < 1.29 is 9.84 Å². The Hall–Kier alpha value is -1.64. The van der Waals surface area contributed by atoms with Gasteiger partial charge in [0.2, 0.25) is 0 Å². The largest absolute Gasteiger partial charge is 0.396 e. The van der Waals surface area contributed by atoms with Crippen LogP contribution in [-0.4, -0.2) is 24.9 Å². The fourth-order valence-corrected chi connectivity index (χ4v) is 2.37. The Morgan fingerprint density at radius 2 is 1.35 bits per heavy atom. The number of hydrogen-bond acceptors (Lipinski definition) is 2. The predicted octanol–water partition coefficient (Wildman–Crippen LogP) is 3.61. The lowest BCUT2D eigenvalue weighted by Crippen LogP contribution is -2.07. The predicted molar refractivity (Wildman–Crippen MR) is 81.9 cm³/mol. The third kappa shape index (κ3) is 4.48. The lowest BCUT2D eigenvalue weighted by molar-refractivity contribution is 0.112. The third-order valence-electron chi connectivity index (χ3n) is 3.40. The van der Waals surface area contributed by atoms with Gasteiger partial charge in [-0.25, -0.2) is 0 Å². The van der Waals surface area contributed by atoms with Gasteiger partial charge in [-0.2, -0.15) is 0 Å². The van der Waals surface area contributed by atoms with Crippen LogP contribution in [0.3, 0.4) is 0 Å². The number of aliphatic hydroxyl groups is 1. The minimum atomic E-state index is 0.195. The standard InChI is InChI=1S/C18H22O2/c19-13-7-14-20-15-12-18(16-8-3-1-4-9-16)17-10-5-2-6-11-17/h1-6,8-11,18-19H,7,12-15H2. The summed E-state index contributed by atoms with van der Waals surface area (Å²) in [7, 11) is 0. The Bertz CT molecular complexity index is 428. The van der Waals surface area contributed by atoms with Gasteiger partial charge in [0.25, 0.3) is 0 Å². The van der Waals surface area contributed by atoms with E-state index in [0.717, 1.165) is 6.42 Å². The third-order valence-corrected chi connectivity index (χ3v) is 3.40. The molecule has 0 atom stereocenters. The molecule has 2 heteroatoms. The molecule has 0 aliphatic rings. The first-order valence-electron chi connectivity index (χ1n) is 7.20. The van der Waals surface area contributed by atoms with Gasteiger partial charge in [-0.15, -0.1) is 0 Å². The highest BCUT2D eigenvalue weighted by Crippen LogP contribution is 2.27. The fourth-order valence-electron chi connectivity index (χ4n) is 2.37. The van der Waals surface area contributed by atoms with Crippen LogP contribution in [0.4, 0.5) is 0 Å². The van der Waals surface area contributed by atoms with E-state index >= 15 is 0 Å². The van der Waals surface area contributed by atoms with Gasteiger partial charge in [0.1, 0.15) is 0 Å². The molecule has 0 aliphatic carbocycles. The maximum absolute atomic E-state index is 8.75. The van der Waals surface area contributed by atoms with Gasteiger partial charge in [-0.05, 0) is 24.0 Å². The summed E-state index contributed by atoms with van der Waals surface area (Å²) < 4.78 is 5.59. The Morgan fingerprint density at radius 1 is 0.800 bits per heavy atom. The van der Waals surface area contributed by atoms with Crippen molar-refractivity contribution in [1.29, 1.82) is 0 Å². The molecule has 106 valence electrons. The average molecular weight is 270 g/mol. The number of aliphatic hydroxyl groups excluding tert-OH is 1. The SMILES string of the molecule is OCCCOCCC(c1ccccc1)c1ccccc1. The molecule has 1 N–H and O–H groups in total. The molecular weight excluding hydrogens is 248 g/mol. The second-order valence-electron chi connectivity index (χ2n) is 4.85. The lowest BCUT2D eigenvalue weighted by atomic mass is 9.89. The van der Waals surface area contributed by atoms with E-state index in [1.54, 1.807) is 0 Å². The van der Waals surface area contributed by atoms with Crippen molar-refractivity contribution in [2.24, 2.45) is 0 Å². The summed E-state index contributed by atoms with van der Waals surface area (Å²) in [6.45, 7) is 1.54. The zero-order valence-electron chi connectivity index (χ0n) is 11.7. The Labute approximate surface area is 121 Å². The number of hydrogen-bond donors (Lipinski definition) is 1. The molecule has 0 bridgehead atoms. The Balaban J connectivity index is 2.02. The van der Waals surface area contributed by atoms with E-state index in [1.807, 2.05) is 12.1 Å². The highest BCUT2D eigenvalue weighted by Gasteiger charge is 2.13. The van der Waals surface area contributed by atoms with Crippen molar-refractivity contribution in [2.75, 3.05) is 19.8 Å². The minimum Gasteiger partial charge on any atom is -0.396 e. The molecule has 0 unspecified atom stereocenters. The zero-order valence-corrected chi connectivity index (χ0v) is 11.7. The molecule has 0 spiro atoms. The average Bonchev–Trinajstić information content (AvgIpc) is 2.53. The summed E-state index contributed by atoms with van der Waals surface area (Å²) >= 11 is 0. The minimum absolute atomic E-state index is 0.195. The van der Waals surface area contributed by atoms with Crippen LogP contribution in [0.25, 0.3) is 0 Å². The smallest absolute Gasteiger partial charge is 0.0487 e. The molecule has 0 amide bonds. The van der Waals surface area contributed by atoms with Crippen LogP contribution >= 0.6 is 0 Å². The highest BCUT2D eigenvalue weighted by molar-refractivity contribution is 5.32. The molecule has 2 rings (SSSR count). The second-order valence-corrected chi connectivity index (χ2v) is 4.85. The highest BCUT2D eigenvalue weighted by atomic mass is 16.5. The fraction of sp³-hybridized carbons (Fsp3) is 0.333. The number of ether oxygens (including phenoxy) is 1. The van der Waals surface area contributed by atoms with Gasteiger partial charge >= 0.3 is 0 Å². The number of rotatable bonds is 8. The van der Waals surface area contributed by atoms with Gasteiger partial charge in [-0.3, -0.25) is 0 Å². The van der Waals surface area contributed by atoms with Crippen LogP contribution in [0.1, 0.15) is 29.9 Å². The van der Waals surface area contributed by atoms with Gasteiger partial charge in [0, 0.05) is 25.7 Å². The summed E-state index contributed by atoms with van der Waals surface area (Å²) in [5.74, 6) is 0.367. The van der Waals surface area contributed by atoms with E-state index in [9.17, 15) is 0 Å². The molecule has 2 aromatic rings. The van der Waals surface area contributed by atoms with Crippen LogP contribution in [0, 0.1) is 0 Å². The molecule has 0 saturated carbocycles. The van der Waals surface area contributed by atoms with Gasteiger partial charge in [0.05, 0.1) is 0 Å². The summed E-state index contributed by atoms with van der Waals surface area (Å²) in [5, 5.41) is 8.75. The molecule has 2 aromatic carbocycles. The van der Waals surface area contributed by atoms with E-state index < -0.39 is 0 Å². The molecule has 2 nitrogen and oxygen atoms in total. The van der Waals surface area contributed by atoms with Crippen molar-refractivity contribution in [1.82, 2.24) is 0 Å². The summed E-state index contributed by atoms with van der Waals surface area (Å²) in [6, 6.07) is 21.1. The van der Waals surface area contributed by atoms with Crippen LogP contribution in [0.15, 0.2) is 60.7 Å². The monoisotopic (exact) mass is 270 g/mol. The normalized spacial score (nSPS) is 10.9. The van der Waals surface area contributed by atoms with Crippen LogP contribution in [0.5, 0.6) is 0 Å². The zero-order chi connectivity index (χ0) is 14.0. The number of benzene rings is 2. The maximum Gasteiger partial charge on any atom is 0.0487 e. The van der Waals surface area contributed by atoms with Crippen molar-refractivity contribution in [3.8, 4) is 0 Å². The molecule has 0 radical (unpaired) electrons. The summed E-state index contributed by atoms with van der Waals surface area (Å²) in [5.41, 5.74) is 2.65. The molecular formula is C18H22O2. The Morgan fingerprint density at radius 3 is 1.85 bits per heavy atom. The first kappa shape index (κ1) is 14.8. The van der Waals surface area contributed by atoms with E-state index in [1.165, 1.54) is 11.1 Å². The van der Waals surface area contributed by atoms with Crippen LogP contribution in [0.2, 0.25) is 0 Å². The van der Waals surface area contributed by atoms with Crippen LogP contribution < -0.4 is 0 Å². The molecule has 0 heterocycles. The topological polar surface area (TPSA) is 29.5 Å². The van der Waals surface area contributed by atoms with Crippen LogP contribution in [-0.2, 0) is 4.74 Å². The Kier molecular flexibility index (Phi) is 6.28. The molecule has 0 aromatic heterocycles. The van der Waals surface area contributed by atoms with Gasteiger partial charge < -0.3 is 9.84 Å². The molecule has 20 heavy (non-hydrogen) atoms. The van der Waals surface area contributed by atoms with Crippen molar-refractivity contribution in [3.63, 3.8) is 0 Å². The molecule has 0 aliphatic heterocycles. The van der Waals surface area contributed by atoms with Crippen molar-refractivity contribution in [3.05, 3.63) is 71.8 Å². The van der Waals surface area contributed by atoms with Gasteiger partial charge in [0.15, 0.2) is 0 Å². The first-order chi connectivity index (χ1) is 9.92. The lowest BCUT2D eigenvalue weighted by Gasteiger charge is -2.18. The summed E-state index contributed by atoms with van der Waals surface area (Å²) in [6.07, 6.45) is 1.67. The van der Waals surface area contributed by atoms with Crippen molar-refractivity contribution >= 4 is 0 Å².